The van der Waals surface area contributed by atoms with Gasteiger partial charge in [0.2, 0.25) is 0 Å². The third-order valence-corrected chi connectivity index (χ3v) is 2.81. The van der Waals surface area contributed by atoms with Crippen molar-refractivity contribution in [2.24, 2.45) is 0 Å². The molecule has 20 heavy (non-hydrogen) atoms. The lowest BCUT2D eigenvalue weighted by Gasteiger charge is -2.10. The summed E-state index contributed by atoms with van der Waals surface area (Å²) in [5, 5.41) is 16.3. The van der Waals surface area contributed by atoms with Crippen LogP contribution in [0.3, 0.4) is 0 Å². The largest absolute Gasteiger partial charge is 0.373 e. The molecular formula is C12H10ClFN4O2. The van der Waals surface area contributed by atoms with Gasteiger partial charge >= 0.3 is 0 Å². The Labute approximate surface area is 118 Å². The number of halogens is 2. The highest BCUT2D eigenvalue weighted by Crippen LogP contribution is 2.29. The maximum Gasteiger partial charge on any atom is 0.276 e. The summed E-state index contributed by atoms with van der Waals surface area (Å²) < 4.78 is 13.7. The van der Waals surface area contributed by atoms with Gasteiger partial charge in [0.15, 0.2) is 0 Å². The molecule has 0 aliphatic rings. The van der Waals surface area contributed by atoms with Gasteiger partial charge in [-0.3, -0.25) is 10.1 Å². The van der Waals surface area contributed by atoms with Gasteiger partial charge < -0.3 is 10.6 Å². The van der Waals surface area contributed by atoms with E-state index in [1.54, 1.807) is 7.05 Å². The van der Waals surface area contributed by atoms with Crippen LogP contribution in [0.1, 0.15) is 0 Å². The van der Waals surface area contributed by atoms with Crippen molar-refractivity contribution in [3.8, 4) is 0 Å². The monoisotopic (exact) mass is 296 g/mol. The molecule has 0 radical (unpaired) electrons. The minimum atomic E-state index is -0.572. The Balaban J connectivity index is 2.43. The van der Waals surface area contributed by atoms with E-state index in [1.807, 2.05) is 0 Å². The Bertz CT molecular complexity index is 646. The molecule has 0 amide bonds. The number of hydrogen-bond acceptors (Lipinski definition) is 5. The van der Waals surface area contributed by atoms with Crippen LogP contribution in [-0.4, -0.2) is 17.0 Å². The first-order valence-corrected chi connectivity index (χ1v) is 5.94. The number of benzene rings is 1. The lowest BCUT2D eigenvalue weighted by Crippen LogP contribution is -2.02. The van der Waals surface area contributed by atoms with Crippen LogP contribution in [0.4, 0.5) is 27.4 Å². The summed E-state index contributed by atoms with van der Waals surface area (Å²) in [4.78, 5) is 14.3. The molecule has 2 aromatic rings. The fourth-order valence-corrected chi connectivity index (χ4v) is 1.77. The Kier molecular flexibility index (Phi) is 3.99. The Morgan fingerprint density at radius 1 is 1.35 bits per heavy atom. The van der Waals surface area contributed by atoms with Crippen LogP contribution in [0.2, 0.25) is 5.02 Å². The minimum absolute atomic E-state index is 0.0178. The lowest BCUT2D eigenvalue weighted by molar-refractivity contribution is -0.384. The van der Waals surface area contributed by atoms with Gasteiger partial charge in [0.05, 0.1) is 27.8 Å². The predicted molar refractivity (Wildman–Crippen MR) is 75.1 cm³/mol. The highest BCUT2D eigenvalue weighted by molar-refractivity contribution is 6.33. The van der Waals surface area contributed by atoms with Crippen molar-refractivity contribution in [2.75, 3.05) is 17.7 Å². The van der Waals surface area contributed by atoms with Crippen molar-refractivity contribution < 1.29 is 9.31 Å². The van der Waals surface area contributed by atoms with E-state index in [0.717, 1.165) is 0 Å². The molecule has 0 saturated heterocycles. The number of anilines is 3. The normalized spacial score (nSPS) is 10.2. The number of para-hydroxylation sites is 1. The van der Waals surface area contributed by atoms with Gasteiger partial charge in [0.25, 0.3) is 5.69 Å². The molecule has 1 aromatic heterocycles. The molecule has 2 rings (SSSR count). The van der Waals surface area contributed by atoms with E-state index in [0.29, 0.717) is 0 Å². The summed E-state index contributed by atoms with van der Waals surface area (Å²) in [5.41, 5.74) is -0.150. The number of nitrogens with zero attached hydrogens (tertiary/aromatic N) is 2. The van der Waals surface area contributed by atoms with Gasteiger partial charge in [-0.2, -0.15) is 0 Å². The number of hydrogen-bond donors (Lipinski definition) is 2. The zero-order valence-corrected chi connectivity index (χ0v) is 11.1. The fourth-order valence-electron chi connectivity index (χ4n) is 1.56. The average Bonchev–Trinajstić information content (AvgIpc) is 2.42. The molecule has 0 atom stereocenters. The van der Waals surface area contributed by atoms with Crippen LogP contribution in [-0.2, 0) is 0 Å². The third kappa shape index (κ3) is 2.94. The van der Waals surface area contributed by atoms with Crippen molar-refractivity contribution in [3.05, 3.63) is 51.3 Å². The number of aromatic nitrogens is 1. The molecule has 1 heterocycles. The van der Waals surface area contributed by atoms with Crippen LogP contribution in [0.5, 0.6) is 0 Å². The summed E-state index contributed by atoms with van der Waals surface area (Å²) in [5.74, 6) is -0.165. The zero-order valence-electron chi connectivity index (χ0n) is 10.4. The van der Waals surface area contributed by atoms with Crippen LogP contribution in [0.25, 0.3) is 0 Å². The van der Waals surface area contributed by atoms with E-state index in [2.05, 4.69) is 15.6 Å². The number of pyridine rings is 1. The highest BCUT2D eigenvalue weighted by Gasteiger charge is 2.13. The van der Waals surface area contributed by atoms with Crippen molar-refractivity contribution in [1.29, 1.82) is 0 Å². The van der Waals surface area contributed by atoms with Gasteiger partial charge in [-0.25, -0.2) is 9.37 Å². The first-order chi connectivity index (χ1) is 9.51. The fraction of sp³-hybridized carbons (Fsp3) is 0.0833. The van der Waals surface area contributed by atoms with E-state index in [9.17, 15) is 14.5 Å². The summed E-state index contributed by atoms with van der Waals surface area (Å²) >= 11 is 5.88. The molecule has 0 fully saturated rings. The molecule has 104 valence electrons. The Morgan fingerprint density at radius 3 is 2.65 bits per heavy atom. The lowest BCUT2D eigenvalue weighted by atomic mass is 10.3. The molecule has 1 aromatic carbocycles. The molecule has 0 spiro atoms. The average molecular weight is 297 g/mol. The van der Waals surface area contributed by atoms with Crippen LogP contribution < -0.4 is 10.6 Å². The van der Waals surface area contributed by atoms with Crippen LogP contribution >= 0.6 is 11.6 Å². The molecule has 0 aliphatic heterocycles. The van der Waals surface area contributed by atoms with Crippen LogP contribution in [0.15, 0.2) is 30.3 Å². The third-order valence-electron chi connectivity index (χ3n) is 2.49. The van der Waals surface area contributed by atoms with E-state index in [1.165, 1.54) is 30.3 Å². The molecule has 0 saturated carbocycles. The first kappa shape index (κ1) is 14.0. The van der Waals surface area contributed by atoms with Crippen molar-refractivity contribution in [1.82, 2.24) is 4.98 Å². The zero-order chi connectivity index (χ0) is 14.7. The summed E-state index contributed by atoms with van der Waals surface area (Å²) in [7, 11) is 1.58. The SMILES string of the molecule is CNc1cc([N+](=O)[O-])cc(Nc2c(F)cccc2Cl)n1. The van der Waals surface area contributed by atoms with Gasteiger partial charge in [-0.15, -0.1) is 0 Å². The van der Waals surface area contributed by atoms with Gasteiger partial charge in [0, 0.05) is 7.05 Å². The molecule has 0 unspecified atom stereocenters. The second-order valence-corrected chi connectivity index (χ2v) is 4.23. The van der Waals surface area contributed by atoms with Crippen molar-refractivity contribution in [3.63, 3.8) is 0 Å². The topological polar surface area (TPSA) is 80.1 Å². The molecule has 0 bridgehead atoms. The van der Waals surface area contributed by atoms with E-state index in [-0.39, 0.29) is 28.0 Å². The highest BCUT2D eigenvalue weighted by atomic mass is 35.5. The quantitative estimate of drug-likeness (QED) is 0.666. The molecule has 0 aliphatic carbocycles. The van der Waals surface area contributed by atoms with Crippen LogP contribution in [0, 0.1) is 15.9 Å². The number of rotatable bonds is 4. The summed E-state index contributed by atoms with van der Waals surface area (Å²) in [6, 6.07) is 6.66. The maximum absolute atomic E-state index is 13.7. The maximum atomic E-state index is 13.7. The van der Waals surface area contributed by atoms with E-state index in [4.69, 9.17) is 11.6 Å². The smallest absolute Gasteiger partial charge is 0.276 e. The van der Waals surface area contributed by atoms with Gasteiger partial charge in [-0.05, 0) is 12.1 Å². The van der Waals surface area contributed by atoms with Crippen molar-refractivity contribution in [2.45, 2.75) is 0 Å². The minimum Gasteiger partial charge on any atom is -0.373 e. The van der Waals surface area contributed by atoms with E-state index < -0.39 is 10.7 Å². The molecular weight excluding hydrogens is 287 g/mol. The van der Waals surface area contributed by atoms with Crippen molar-refractivity contribution >= 4 is 34.6 Å². The van der Waals surface area contributed by atoms with Gasteiger partial charge in [-0.1, -0.05) is 17.7 Å². The first-order valence-electron chi connectivity index (χ1n) is 5.56. The Hall–Kier alpha value is -2.41. The number of nitro groups is 1. The molecule has 2 N–H and O–H groups in total. The Morgan fingerprint density at radius 2 is 2.05 bits per heavy atom. The second-order valence-electron chi connectivity index (χ2n) is 3.82. The van der Waals surface area contributed by atoms with Gasteiger partial charge in [0.1, 0.15) is 17.5 Å². The number of nitrogens with one attached hydrogen (secondary N) is 2. The predicted octanol–water partition coefficient (Wildman–Crippen LogP) is 3.57. The second kappa shape index (κ2) is 5.70. The summed E-state index contributed by atoms with van der Waals surface area (Å²) in [6.45, 7) is 0. The molecule has 6 nitrogen and oxygen atoms in total. The summed E-state index contributed by atoms with van der Waals surface area (Å²) in [6.07, 6.45) is 0. The molecule has 8 heteroatoms. The van der Waals surface area contributed by atoms with E-state index >= 15 is 0 Å². The standard InChI is InChI=1S/C12H10ClFN4O2/c1-15-10-5-7(18(19)20)6-11(16-10)17-12-8(13)3-2-4-9(12)14/h2-6H,1H3,(H2,15,16,17).